The van der Waals surface area contributed by atoms with E-state index in [1.807, 2.05) is 0 Å². The van der Waals surface area contributed by atoms with Crippen LogP contribution in [0.2, 0.25) is 0 Å². The minimum Gasteiger partial charge on any atom is -0.316 e. The van der Waals surface area contributed by atoms with Gasteiger partial charge >= 0.3 is 0 Å². The van der Waals surface area contributed by atoms with Crippen LogP contribution in [0.3, 0.4) is 0 Å². The molecule has 0 heterocycles. The Labute approximate surface area is 107 Å². The zero-order valence-corrected chi connectivity index (χ0v) is 12.2. The molecule has 16 heavy (non-hydrogen) atoms. The summed E-state index contributed by atoms with van der Waals surface area (Å²) in [7, 11) is 0. The van der Waals surface area contributed by atoms with Crippen molar-refractivity contribution in [1.82, 2.24) is 5.32 Å². The monoisotopic (exact) mass is 247 g/mol. The Bertz CT molecular complexity index is 146. The first kappa shape index (κ1) is 16.2. The predicted octanol–water partition coefficient (Wildman–Crippen LogP) is 4.59. The van der Waals surface area contributed by atoms with Gasteiger partial charge in [-0.3, -0.25) is 0 Å². The Balaban J connectivity index is 3.10. The summed E-state index contributed by atoms with van der Waals surface area (Å²) in [6.45, 7) is 8.86. The molecule has 0 aromatic heterocycles. The van der Waals surface area contributed by atoms with E-state index in [4.69, 9.17) is 11.6 Å². The van der Waals surface area contributed by atoms with Gasteiger partial charge in [0.15, 0.2) is 0 Å². The van der Waals surface area contributed by atoms with Crippen LogP contribution >= 0.6 is 11.6 Å². The molecule has 1 N–H and O–H groups in total. The highest BCUT2D eigenvalue weighted by Gasteiger charge is 2.14. The van der Waals surface area contributed by atoms with Gasteiger partial charge < -0.3 is 5.32 Å². The molecule has 0 rings (SSSR count). The second-order valence-electron chi connectivity index (χ2n) is 5.60. The first-order valence-corrected chi connectivity index (χ1v) is 7.42. The normalized spacial score (nSPS) is 12.0. The number of unbranched alkanes of at least 4 members (excludes halogenated alkanes) is 6. The molecule has 0 saturated heterocycles. The van der Waals surface area contributed by atoms with E-state index in [1.165, 1.54) is 44.9 Å². The summed E-state index contributed by atoms with van der Waals surface area (Å²) >= 11 is 5.86. The molecule has 0 spiro atoms. The standard InChI is InChI=1S/C14H30ClN/c1-4-5-6-7-8-9-10-11-16-13-14(2,3)12-15/h16H,4-13H2,1-3H3. The quantitative estimate of drug-likeness (QED) is 0.416. The van der Waals surface area contributed by atoms with Crippen LogP contribution in [-0.2, 0) is 0 Å². The molecule has 0 aromatic carbocycles. The second-order valence-corrected chi connectivity index (χ2v) is 5.86. The average molecular weight is 248 g/mol. The van der Waals surface area contributed by atoms with Crippen molar-refractivity contribution in [1.29, 1.82) is 0 Å². The van der Waals surface area contributed by atoms with E-state index < -0.39 is 0 Å². The summed E-state index contributed by atoms with van der Waals surface area (Å²) in [5.41, 5.74) is 0.239. The van der Waals surface area contributed by atoms with Crippen LogP contribution in [0.1, 0.15) is 65.7 Å². The van der Waals surface area contributed by atoms with Crippen LogP contribution in [0.25, 0.3) is 0 Å². The summed E-state index contributed by atoms with van der Waals surface area (Å²) in [4.78, 5) is 0. The number of halogens is 1. The lowest BCUT2D eigenvalue weighted by molar-refractivity contribution is 0.382. The SMILES string of the molecule is CCCCCCCCCNCC(C)(C)CCl. The Morgan fingerprint density at radius 2 is 1.50 bits per heavy atom. The summed E-state index contributed by atoms with van der Waals surface area (Å²) in [5.74, 6) is 0.733. The van der Waals surface area contributed by atoms with Gasteiger partial charge in [0.2, 0.25) is 0 Å². The van der Waals surface area contributed by atoms with Gasteiger partial charge in [0.1, 0.15) is 0 Å². The Morgan fingerprint density at radius 3 is 2.06 bits per heavy atom. The van der Waals surface area contributed by atoms with E-state index in [1.54, 1.807) is 0 Å². The van der Waals surface area contributed by atoms with Crippen LogP contribution < -0.4 is 5.32 Å². The maximum absolute atomic E-state index is 5.86. The predicted molar refractivity (Wildman–Crippen MR) is 75.4 cm³/mol. The largest absolute Gasteiger partial charge is 0.316 e. The van der Waals surface area contributed by atoms with E-state index >= 15 is 0 Å². The number of hydrogen-bond acceptors (Lipinski definition) is 1. The highest BCUT2D eigenvalue weighted by Crippen LogP contribution is 2.15. The minimum atomic E-state index is 0.239. The summed E-state index contributed by atoms with van der Waals surface area (Å²) in [6, 6.07) is 0. The molecule has 0 bridgehead atoms. The minimum absolute atomic E-state index is 0.239. The van der Waals surface area contributed by atoms with E-state index in [2.05, 4.69) is 26.1 Å². The van der Waals surface area contributed by atoms with Gasteiger partial charge in [0, 0.05) is 12.4 Å². The van der Waals surface area contributed by atoms with Crippen molar-refractivity contribution >= 4 is 11.6 Å². The van der Waals surface area contributed by atoms with Crippen molar-refractivity contribution in [2.24, 2.45) is 5.41 Å². The molecule has 0 radical (unpaired) electrons. The maximum atomic E-state index is 5.86. The fourth-order valence-corrected chi connectivity index (χ4v) is 1.78. The number of rotatable bonds is 11. The summed E-state index contributed by atoms with van der Waals surface area (Å²) in [6.07, 6.45) is 9.67. The number of nitrogens with one attached hydrogen (secondary N) is 1. The molecule has 0 unspecified atom stereocenters. The zero-order chi connectivity index (χ0) is 12.3. The molecule has 98 valence electrons. The van der Waals surface area contributed by atoms with Crippen molar-refractivity contribution in [3.05, 3.63) is 0 Å². The highest BCUT2D eigenvalue weighted by molar-refractivity contribution is 6.18. The van der Waals surface area contributed by atoms with Crippen molar-refractivity contribution in [3.63, 3.8) is 0 Å². The Hall–Kier alpha value is 0.250. The van der Waals surface area contributed by atoms with Crippen LogP contribution in [0.5, 0.6) is 0 Å². The van der Waals surface area contributed by atoms with Gasteiger partial charge in [-0.25, -0.2) is 0 Å². The molecular formula is C14H30ClN. The van der Waals surface area contributed by atoms with E-state index in [0.717, 1.165) is 19.0 Å². The first-order valence-electron chi connectivity index (χ1n) is 6.89. The summed E-state index contributed by atoms with van der Waals surface area (Å²) < 4.78 is 0. The summed E-state index contributed by atoms with van der Waals surface area (Å²) in [5, 5.41) is 3.49. The lowest BCUT2D eigenvalue weighted by atomic mass is 9.96. The fourth-order valence-electron chi connectivity index (χ4n) is 1.68. The van der Waals surface area contributed by atoms with Crippen molar-refractivity contribution < 1.29 is 0 Å². The topological polar surface area (TPSA) is 12.0 Å². The van der Waals surface area contributed by atoms with Crippen LogP contribution in [0, 0.1) is 5.41 Å². The Morgan fingerprint density at radius 1 is 0.938 bits per heavy atom. The molecule has 0 saturated carbocycles. The molecule has 0 aliphatic heterocycles. The third-order valence-electron chi connectivity index (χ3n) is 2.92. The molecule has 0 aliphatic rings. The molecule has 0 fully saturated rings. The van der Waals surface area contributed by atoms with Crippen molar-refractivity contribution in [3.8, 4) is 0 Å². The first-order chi connectivity index (χ1) is 7.62. The third kappa shape index (κ3) is 10.8. The van der Waals surface area contributed by atoms with Crippen molar-refractivity contribution in [2.45, 2.75) is 65.7 Å². The van der Waals surface area contributed by atoms with Crippen LogP contribution in [0.4, 0.5) is 0 Å². The fraction of sp³-hybridized carbons (Fsp3) is 1.00. The smallest absolute Gasteiger partial charge is 0.0286 e. The second kappa shape index (κ2) is 10.4. The molecule has 0 atom stereocenters. The molecule has 0 aliphatic carbocycles. The van der Waals surface area contributed by atoms with Gasteiger partial charge in [-0.1, -0.05) is 59.3 Å². The average Bonchev–Trinajstić information content (AvgIpc) is 2.27. The van der Waals surface area contributed by atoms with E-state index in [9.17, 15) is 0 Å². The van der Waals surface area contributed by atoms with Gasteiger partial charge in [0.25, 0.3) is 0 Å². The highest BCUT2D eigenvalue weighted by atomic mass is 35.5. The zero-order valence-electron chi connectivity index (χ0n) is 11.4. The maximum Gasteiger partial charge on any atom is 0.0286 e. The number of hydrogen-bond donors (Lipinski definition) is 1. The lowest BCUT2D eigenvalue weighted by Crippen LogP contribution is -2.31. The lowest BCUT2D eigenvalue weighted by Gasteiger charge is -2.21. The van der Waals surface area contributed by atoms with Crippen molar-refractivity contribution in [2.75, 3.05) is 19.0 Å². The van der Waals surface area contributed by atoms with E-state index in [-0.39, 0.29) is 5.41 Å². The Kier molecular flexibility index (Phi) is 10.6. The van der Waals surface area contributed by atoms with Gasteiger partial charge in [-0.2, -0.15) is 0 Å². The van der Waals surface area contributed by atoms with Gasteiger partial charge in [0.05, 0.1) is 0 Å². The van der Waals surface area contributed by atoms with Crippen LogP contribution in [0.15, 0.2) is 0 Å². The number of alkyl halides is 1. The van der Waals surface area contributed by atoms with Gasteiger partial charge in [-0.15, -0.1) is 11.6 Å². The molecule has 2 heteroatoms. The molecular weight excluding hydrogens is 218 g/mol. The van der Waals surface area contributed by atoms with Crippen LogP contribution in [-0.4, -0.2) is 19.0 Å². The third-order valence-corrected chi connectivity index (χ3v) is 3.65. The molecule has 0 amide bonds. The molecule has 0 aromatic rings. The molecule has 1 nitrogen and oxygen atoms in total. The van der Waals surface area contributed by atoms with Gasteiger partial charge in [-0.05, 0) is 18.4 Å². The van der Waals surface area contributed by atoms with E-state index in [0.29, 0.717) is 0 Å².